The van der Waals surface area contributed by atoms with Crippen LogP contribution in [-0.4, -0.2) is 69.5 Å². The third-order valence-corrected chi connectivity index (χ3v) is 10.6. The van der Waals surface area contributed by atoms with Gasteiger partial charge < -0.3 is 20.2 Å². The molecule has 0 aliphatic carbocycles. The number of nitrogens with one attached hydrogen (secondary N) is 2. The quantitative estimate of drug-likeness (QED) is 0.247. The first kappa shape index (κ1) is 34.3. The highest BCUT2D eigenvalue weighted by molar-refractivity contribution is 5.96. The van der Waals surface area contributed by atoms with E-state index >= 15 is 0 Å². The van der Waals surface area contributed by atoms with Gasteiger partial charge in [0, 0.05) is 63.5 Å². The number of carbonyl (C=O) groups is 2. The summed E-state index contributed by atoms with van der Waals surface area (Å²) in [5.74, 6) is -0.328. The summed E-state index contributed by atoms with van der Waals surface area (Å²) in [6.07, 6.45) is 4.49. The van der Waals surface area contributed by atoms with Crippen LogP contribution in [0, 0.1) is 13.8 Å². The van der Waals surface area contributed by atoms with Crippen molar-refractivity contribution in [1.82, 2.24) is 20.1 Å². The first-order valence-electron chi connectivity index (χ1n) is 17.5. The number of anilines is 1. The summed E-state index contributed by atoms with van der Waals surface area (Å²) in [4.78, 5) is 40.6. The highest BCUT2D eigenvalue weighted by Gasteiger charge is 2.40. The van der Waals surface area contributed by atoms with Crippen molar-refractivity contribution in [2.24, 2.45) is 0 Å². The van der Waals surface area contributed by atoms with E-state index < -0.39 is 12.0 Å². The molecule has 6 rings (SSSR count). The van der Waals surface area contributed by atoms with Crippen molar-refractivity contribution in [3.8, 4) is 0 Å². The van der Waals surface area contributed by atoms with Crippen molar-refractivity contribution in [3.05, 3.63) is 125 Å². The van der Waals surface area contributed by atoms with Crippen molar-refractivity contribution < 1.29 is 19.7 Å². The fourth-order valence-corrected chi connectivity index (χ4v) is 7.42. The van der Waals surface area contributed by atoms with Crippen LogP contribution in [0.15, 0.2) is 91.3 Å². The number of carbonyl (C=O) groups excluding carboxylic acids is 2. The smallest absolute Gasteiger partial charge is 0.284 e. The molecule has 1 aromatic heterocycles. The summed E-state index contributed by atoms with van der Waals surface area (Å²) >= 11 is 0. The van der Waals surface area contributed by atoms with Gasteiger partial charge >= 0.3 is 0 Å². The van der Waals surface area contributed by atoms with Crippen LogP contribution in [0.1, 0.15) is 77.1 Å². The molecule has 2 aliphatic heterocycles. The van der Waals surface area contributed by atoms with Gasteiger partial charge in [-0.15, -0.1) is 0 Å². The number of H-pyrrole nitrogens is 1. The molecule has 49 heavy (non-hydrogen) atoms. The average molecular weight is 662 g/mol. The van der Waals surface area contributed by atoms with E-state index in [1.54, 1.807) is 18.5 Å². The lowest BCUT2D eigenvalue weighted by molar-refractivity contribution is -0.392. The van der Waals surface area contributed by atoms with E-state index in [0.717, 1.165) is 81.0 Å². The van der Waals surface area contributed by atoms with Gasteiger partial charge in [-0.1, -0.05) is 77.8 Å². The number of hydrogen-bond donors (Lipinski definition) is 2. The summed E-state index contributed by atoms with van der Waals surface area (Å²) in [6, 6.07) is 28.5. The first-order chi connectivity index (χ1) is 23.7. The Morgan fingerprint density at radius 1 is 0.918 bits per heavy atom. The largest absolute Gasteiger partial charge is 0.378 e. The number of aryl methyl sites for hydroxylation is 2. The standard InChI is InChI=1S/C40H48N6O3/c1-29-36(30(2)43-28-42-29)39(49)44-24-20-40(3,21-25-44)45-22-18-35(19-23-45)46(27-32-10-6-4-7-11-32)34-16-14-31(15-17-34)26-41-38(48)37(47)33-12-8-5-9-13-33/h4-17,28,35,37,47H,18-27H2,1-3H3,(H,41,48)/p+1/t37-/m0/s1. The molecule has 3 heterocycles. The predicted molar refractivity (Wildman–Crippen MR) is 191 cm³/mol. The topological polar surface area (TPSA) is 103 Å². The van der Waals surface area contributed by atoms with Crippen molar-refractivity contribution >= 4 is 17.5 Å². The van der Waals surface area contributed by atoms with Crippen LogP contribution in [0.3, 0.4) is 0 Å². The number of aromatic amines is 1. The second kappa shape index (κ2) is 15.3. The van der Waals surface area contributed by atoms with Crippen LogP contribution >= 0.6 is 0 Å². The fraction of sp³-hybridized carbons (Fsp3) is 0.400. The minimum absolute atomic E-state index is 0.0668. The Hall–Kier alpha value is -4.60. The van der Waals surface area contributed by atoms with Gasteiger partial charge in [0.1, 0.15) is 11.3 Å². The fourth-order valence-electron chi connectivity index (χ4n) is 7.42. The number of nitrogens with zero attached hydrogens (tertiary/aromatic N) is 4. The molecule has 2 fully saturated rings. The maximum atomic E-state index is 13.4. The second-order valence-corrected chi connectivity index (χ2v) is 13.8. The van der Waals surface area contributed by atoms with E-state index in [9.17, 15) is 14.7 Å². The van der Waals surface area contributed by atoms with Crippen LogP contribution in [-0.2, 0) is 17.9 Å². The molecule has 256 valence electrons. The predicted octanol–water partition coefficient (Wildman–Crippen LogP) is 5.03. The molecule has 0 bridgehead atoms. The van der Waals surface area contributed by atoms with Crippen molar-refractivity contribution in [3.63, 3.8) is 0 Å². The number of aromatic nitrogens is 2. The third-order valence-electron chi connectivity index (χ3n) is 10.6. The van der Waals surface area contributed by atoms with Crippen molar-refractivity contribution in [1.29, 1.82) is 0 Å². The highest BCUT2D eigenvalue weighted by Crippen LogP contribution is 2.34. The molecular formula is C40H49N6O3+. The van der Waals surface area contributed by atoms with Crippen molar-refractivity contribution in [2.75, 3.05) is 31.1 Å². The number of benzene rings is 3. The number of aliphatic hydroxyl groups is 1. The lowest BCUT2D eigenvalue weighted by Crippen LogP contribution is -2.58. The number of rotatable bonds is 10. The number of amides is 2. The zero-order valence-corrected chi connectivity index (χ0v) is 28.9. The molecule has 9 nitrogen and oxygen atoms in total. The van der Waals surface area contributed by atoms with Gasteiger partial charge in [-0.25, -0.2) is 4.98 Å². The molecule has 2 amide bonds. The Morgan fingerprint density at radius 2 is 1.55 bits per heavy atom. The minimum atomic E-state index is -1.19. The molecule has 9 heteroatoms. The molecule has 3 N–H and O–H groups in total. The summed E-state index contributed by atoms with van der Waals surface area (Å²) in [6.45, 7) is 10.9. The Kier molecular flexibility index (Phi) is 10.7. The zero-order chi connectivity index (χ0) is 34.4. The van der Waals surface area contributed by atoms with E-state index in [1.807, 2.05) is 36.9 Å². The average Bonchev–Trinajstić information content (AvgIpc) is 3.14. The monoisotopic (exact) mass is 661 g/mol. The molecule has 0 radical (unpaired) electrons. The van der Waals surface area contributed by atoms with E-state index in [-0.39, 0.29) is 11.4 Å². The van der Waals surface area contributed by atoms with Crippen LogP contribution in [0.2, 0.25) is 0 Å². The van der Waals surface area contributed by atoms with Gasteiger partial charge in [0.25, 0.3) is 18.1 Å². The Morgan fingerprint density at radius 3 is 2.18 bits per heavy atom. The van der Waals surface area contributed by atoms with E-state index in [2.05, 4.69) is 86.6 Å². The van der Waals surface area contributed by atoms with Crippen LogP contribution in [0.4, 0.5) is 5.69 Å². The first-order valence-corrected chi connectivity index (χ1v) is 17.5. The normalized spacial score (nSPS) is 17.3. The number of likely N-dealkylation sites (tertiary alicyclic amines) is 2. The van der Waals surface area contributed by atoms with Gasteiger partial charge in [-0.3, -0.25) is 14.5 Å². The molecule has 2 aliphatic rings. The molecule has 0 unspecified atom stereocenters. The number of aliphatic hydroxyl groups excluding tert-OH is 1. The van der Waals surface area contributed by atoms with E-state index in [4.69, 9.17) is 0 Å². The molecular weight excluding hydrogens is 612 g/mol. The summed E-state index contributed by atoms with van der Waals surface area (Å²) < 4.78 is 0. The maximum Gasteiger partial charge on any atom is 0.284 e. The summed E-state index contributed by atoms with van der Waals surface area (Å²) in [5, 5.41) is 13.3. The third kappa shape index (κ3) is 8.00. The van der Waals surface area contributed by atoms with Gasteiger partial charge in [0.2, 0.25) is 0 Å². The highest BCUT2D eigenvalue weighted by atomic mass is 16.3. The number of piperidine rings is 2. The summed E-state index contributed by atoms with van der Waals surface area (Å²) in [7, 11) is 0. The SMILES string of the molecule is Cc1nc[nH+]c(C)c1C(=O)N1CCC(C)(N2CCC(N(Cc3ccccc3)c3ccc(CNC(=O)[C@@H](O)c4ccccc4)cc3)CC2)CC1. The van der Waals surface area contributed by atoms with E-state index in [0.29, 0.717) is 23.7 Å². The molecule has 1 atom stereocenters. The zero-order valence-electron chi connectivity index (χ0n) is 28.9. The van der Waals surface area contributed by atoms with Gasteiger partial charge in [-0.05, 0) is 68.4 Å². The number of hydrogen-bond acceptors (Lipinski definition) is 6. The molecule has 2 saturated heterocycles. The second-order valence-electron chi connectivity index (χ2n) is 13.8. The summed E-state index contributed by atoms with van der Waals surface area (Å²) in [5.41, 5.74) is 6.41. The molecule has 0 saturated carbocycles. The minimum Gasteiger partial charge on any atom is -0.378 e. The molecule has 4 aromatic rings. The Labute approximate surface area is 290 Å². The van der Waals surface area contributed by atoms with Gasteiger partial charge in [0.15, 0.2) is 11.8 Å². The van der Waals surface area contributed by atoms with Gasteiger partial charge in [0.05, 0.1) is 0 Å². The lowest BCUT2D eigenvalue weighted by atomic mass is 9.85. The van der Waals surface area contributed by atoms with E-state index in [1.165, 1.54) is 5.56 Å². The Balaban J connectivity index is 1.07. The van der Waals surface area contributed by atoms with Crippen LogP contribution < -0.4 is 15.2 Å². The maximum absolute atomic E-state index is 13.4. The molecule has 0 spiro atoms. The Bertz CT molecular complexity index is 1680. The molecule has 3 aromatic carbocycles. The van der Waals surface area contributed by atoms with Crippen LogP contribution in [0.5, 0.6) is 0 Å². The van der Waals surface area contributed by atoms with Crippen molar-refractivity contribution in [2.45, 2.75) is 77.2 Å². The van der Waals surface area contributed by atoms with Gasteiger partial charge in [-0.2, -0.15) is 0 Å². The van der Waals surface area contributed by atoms with Crippen LogP contribution in [0.25, 0.3) is 0 Å². The lowest BCUT2D eigenvalue weighted by Gasteiger charge is -2.50.